The Balaban J connectivity index is 1.60. The predicted octanol–water partition coefficient (Wildman–Crippen LogP) is 4.19. The predicted molar refractivity (Wildman–Crippen MR) is 94.0 cm³/mol. The minimum atomic E-state index is -0.983. The maximum absolute atomic E-state index is 13.2. The van der Waals surface area contributed by atoms with Gasteiger partial charge in [0.2, 0.25) is 0 Å². The average Bonchev–Trinajstić information content (AvgIpc) is 2.64. The maximum Gasteiger partial charge on any atom is 0.254 e. The first kappa shape index (κ1) is 18.9. The lowest BCUT2D eigenvalue weighted by molar-refractivity contribution is -0.0401. The molecule has 0 radical (unpaired) electrons. The van der Waals surface area contributed by atoms with Crippen molar-refractivity contribution in [3.05, 3.63) is 63.6 Å². The molecule has 1 fully saturated rings. The highest BCUT2D eigenvalue weighted by atomic mass is 35.5. The Morgan fingerprint density at radius 2 is 1.96 bits per heavy atom. The molecule has 2 aromatic carbocycles. The first-order valence-electron chi connectivity index (χ1n) is 7.88. The molecule has 1 unspecified atom stereocenters. The molecule has 0 saturated carbocycles. The van der Waals surface area contributed by atoms with E-state index < -0.39 is 11.6 Å². The van der Waals surface area contributed by atoms with Crippen LogP contribution < -0.4 is 4.74 Å². The van der Waals surface area contributed by atoms with Gasteiger partial charge in [-0.15, -0.1) is 0 Å². The molecule has 26 heavy (non-hydrogen) atoms. The fraction of sp³-hybridized carbons (Fsp3) is 0.278. The Bertz CT molecular complexity index is 819. The minimum absolute atomic E-state index is 0.107. The van der Waals surface area contributed by atoms with Gasteiger partial charge in [0, 0.05) is 18.2 Å². The number of amides is 1. The van der Waals surface area contributed by atoms with Crippen LogP contribution in [0, 0.1) is 11.6 Å². The number of benzene rings is 2. The molecule has 1 saturated heterocycles. The number of morpholine rings is 1. The minimum Gasteiger partial charge on any atom is -0.491 e. The second kappa shape index (κ2) is 8.20. The SMILES string of the molecule is O=C(c1ccc(Cl)c(Cl)c1)N1CCOC(COc2ccc(F)c(F)c2)C1. The number of carbonyl (C=O) groups excluding carboxylic acids is 1. The third-order valence-electron chi connectivity index (χ3n) is 3.92. The fourth-order valence-electron chi connectivity index (χ4n) is 2.57. The Morgan fingerprint density at radius 3 is 2.69 bits per heavy atom. The van der Waals surface area contributed by atoms with E-state index in [9.17, 15) is 13.6 Å². The van der Waals surface area contributed by atoms with E-state index in [1.165, 1.54) is 12.1 Å². The number of carbonyl (C=O) groups is 1. The molecule has 0 aromatic heterocycles. The summed E-state index contributed by atoms with van der Waals surface area (Å²) in [6.45, 7) is 1.19. The summed E-state index contributed by atoms with van der Waals surface area (Å²) in [5, 5.41) is 0.687. The molecule has 1 amide bonds. The van der Waals surface area contributed by atoms with Crippen LogP contribution in [-0.2, 0) is 4.74 Å². The molecule has 138 valence electrons. The molecule has 2 aromatic rings. The topological polar surface area (TPSA) is 38.8 Å². The van der Waals surface area contributed by atoms with Gasteiger partial charge in [-0.25, -0.2) is 8.78 Å². The van der Waals surface area contributed by atoms with Crippen molar-refractivity contribution < 1.29 is 23.0 Å². The summed E-state index contributed by atoms with van der Waals surface area (Å²) in [5.74, 6) is -1.92. The Morgan fingerprint density at radius 1 is 1.15 bits per heavy atom. The lowest BCUT2D eigenvalue weighted by Gasteiger charge is -2.33. The summed E-state index contributed by atoms with van der Waals surface area (Å²) in [4.78, 5) is 14.2. The second-order valence-corrected chi connectivity index (χ2v) is 6.57. The zero-order valence-corrected chi connectivity index (χ0v) is 15.1. The monoisotopic (exact) mass is 401 g/mol. The largest absolute Gasteiger partial charge is 0.491 e. The van der Waals surface area contributed by atoms with E-state index in [4.69, 9.17) is 32.7 Å². The molecule has 0 N–H and O–H groups in total. The van der Waals surface area contributed by atoms with Gasteiger partial charge in [-0.1, -0.05) is 23.2 Å². The van der Waals surface area contributed by atoms with Crippen molar-refractivity contribution in [3.63, 3.8) is 0 Å². The standard InChI is InChI=1S/C18H15Cl2F2NO3/c19-14-3-1-11(7-15(14)20)18(24)23-5-6-25-13(9-23)10-26-12-2-4-16(21)17(22)8-12/h1-4,7-8,13H,5-6,9-10H2. The van der Waals surface area contributed by atoms with Gasteiger partial charge in [-0.3, -0.25) is 4.79 Å². The van der Waals surface area contributed by atoms with E-state index in [1.54, 1.807) is 17.0 Å². The summed E-state index contributed by atoms with van der Waals surface area (Å²) in [6, 6.07) is 8.00. The van der Waals surface area contributed by atoms with Crippen LogP contribution in [0.15, 0.2) is 36.4 Å². The van der Waals surface area contributed by atoms with Crippen molar-refractivity contribution in [3.8, 4) is 5.75 Å². The van der Waals surface area contributed by atoms with Crippen LogP contribution in [0.5, 0.6) is 5.75 Å². The van der Waals surface area contributed by atoms with Gasteiger partial charge in [0.25, 0.3) is 5.91 Å². The van der Waals surface area contributed by atoms with Crippen molar-refractivity contribution in [2.75, 3.05) is 26.3 Å². The molecule has 1 atom stereocenters. The summed E-state index contributed by atoms with van der Waals surface area (Å²) in [5.41, 5.74) is 0.432. The lowest BCUT2D eigenvalue weighted by atomic mass is 10.1. The van der Waals surface area contributed by atoms with Crippen molar-refractivity contribution in [1.29, 1.82) is 0 Å². The molecule has 0 aliphatic carbocycles. The first-order chi connectivity index (χ1) is 12.4. The van der Waals surface area contributed by atoms with Gasteiger partial charge >= 0.3 is 0 Å². The van der Waals surface area contributed by atoms with E-state index >= 15 is 0 Å². The Kier molecular flexibility index (Phi) is 5.96. The smallest absolute Gasteiger partial charge is 0.254 e. The van der Waals surface area contributed by atoms with Crippen molar-refractivity contribution in [1.82, 2.24) is 4.90 Å². The number of nitrogens with zero attached hydrogens (tertiary/aromatic N) is 1. The average molecular weight is 402 g/mol. The number of halogens is 4. The molecule has 4 nitrogen and oxygen atoms in total. The van der Waals surface area contributed by atoms with Gasteiger partial charge in [0.15, 0.2) is 11.6 Å². The van der Waals surface area contributed by atoms with Crippen LogP contribution >= 0.6 is 23.2 Å². The number of hydrogen-bond acceptors (Lipinski definition) is 3. The van der Waals surface area contributed by atoms with E-state index in [1.807, 2.05) is 0 Å². The molecule has 0 spiro atoms. The number of ether oxygens (including phenoxy) is 2. The van der Waals surface area contributed by atoms with Gasteiger partial charge in [0.1, 0.15) is 18.5 Å². The van der Waals surface area contributed by atoms with Crippen molar-refractivity contribution in [2.24, 2.45) is 0 Å². The third-order valence-corrected chi connectivity index (χ3v) is 4.66. The second-order valence-electron chi connectivity index (χ2n) is 5.76. The molecule has 8 heteroatoms. The highest BCUT2D eigenvalue weighted by Gasteiger charge is 2.26. The van der Waals surface area contributed by atoms with Crippen LogP contribution in [0.1, 0.15) is 10.4 Å². The van der Waals surface area contributed by atoms with Gasteiger partial charge in [-0.2, -0.15) is 0 Å². The summed E-state index contributed by atoms with van der Waals surface area (Å²) in [6.07, 6.45) is -0.386. The highest BCUT2D eigenvalue weighted by Crippen LogP contribution is 2.24. The van der Waals surface area contributed by atoms with E-state index in [2.05, 4.69) is 0 Å². The molecule has 1 aliphatic heterocycles. The van der Waals surface area contributed by atoms with Crippen LogP contribution in [0.3, 0.4) is 0 Å². The fourth-order valence-corrected chi connectivity index (χ4v) is 2.87. The van der Waals surface area contributed by atoms with Crippen LogP contribution in [0.2, 0.25) is 10.0 Å². The Hall–Kier alpha value is -1.89. The van der Waals surface area contributed by atoms with Crippen LogP contribution in [0.25, 0.3) is 0 Å². The molecule has 3 rings (SSSR count). The van der Waals surface area contributed by atoms with E-state index in [0.717, 1.165) is 12.1 Å². The molecule has 1 aliphatic rings. The van der Waals surface area contributed by atoms with Gasteiger partial charge in [0.05, 0.1) is 23.2 Å². The first-order valence-corrected chi connectivity index (χ1v) is 8.63. The lowest BCUT2D eigenvalue weighted by Crippen LogP contribution is -2.47. The van der Waals surface area contributed by atoms with Crippen molar-refractivity contribution >= 4 is 29.1 Å². The van der Waals surface area contributed by atoms with Crippen LogP contribution in [-0.4, -0.2) is 43.2 Å². The van der Waals surface area contributed by atoms with E-state index in [0.29, 0.717) is 35.3 Å². The van der Waals surface area contributed by atoms with Gasteiger partial charge < -0.3 is 14.4 Å². The van der Waals surface area contributed by atoms with E-state index in [-0.39, 0.29) is 24.4 Å². The normalized spacial score (nSPS) is 17.2. The molecular formula is C18H15Cl2F2NO3. The van der Waals surface area contributed by atoms with Gasteiger partial charge in [-0.05, 0) is 30.3 Å². The number of hydrogen-bond donors (Lipinski definition) is 0. The quantitative estimate of drug-likeness (QED) is 0.770. The highest BCUT2D eigenvalue weighted by molar-refractivity contribution is 6.42. The Labute approximate surface area is 159 Å². The molecule has 1 heterocycles. The summed E-state index contributed by atoms with van der Waals surface area (Å²) in [7, 11) is 0. The molecule has 0 bridgehead atoms. The number of rotatable bonds is 4. The molecular weight excluding hydrogens is 387 g/mol. The maximum atomic E-state index is 13.2. The zero-order chi connectivity index (χ0) is 18.7. The van der Waals surface area contributed by atoms with Crippen molar-refractivity contribution in [2.45, 2.75) is 6.10 Å². The summed E-state index contributed by atoms with van der Waals surface area (Å²) >= 11 is 11.8. The third kappa shape index (κ3) is 4.44. The summed E-state index contributed by atoms with van der Waals surface area (Å²) < 4.78 is 37.2. The van der Waals surface area contributed by atoms with Crippen LogP contribution in [0.4, 0.5) is 8.78 Å². The zero-order valence-electron chi connectivity index (χ0n) is 13.6.